The minimum atomic E-state index is 0. The van der Waals surface area contributed by atoms with Gasteiger partial charge in [0.2, 0.25) is 0 Å². The molecule has 7 aromatic rings. The van der Waals surface area contributed by atoms with E-state index in [0.717, 1.165) is 44.9 Å². The SMILES string of the molecule is Cc1cc(-c2nc(-c3[c-]c(N(c4ccccn4)c4cccc5ccccc45)ccc3)nc(-c3ccccc3O)n2)cc(C)n1.[Pt]. The molecule has 8 heteroatoms. The van der Waals surface area contributed by atoms with E-state index in [1.54, 1.807) is 24.4 Å². The molecule has 0 atom stereocenters. The first kappa shape index (κ1) is 29.8. The summed E-state index contributed by atoms with van der Waals surface area (Å²) < 4.78 is 0. The van der Waals surface area contributed by atoms with Crippen LogP contribution in [0.25, 0.3) is 44.9 Å². The number of aromatic hydroxyl groups is 1. The van der Waals surface area contributed by atoms with Crippen molar-refractivity contribution in [3.63, 3.8) is 0 Å². The number of pyridine rings is 2. The molecular formula is C37H27N6OPt-. The van der Waals surface area contributed by atoms with Gasteiger partial charge in [-0.05, 0) is 67.4 Å². The van der Waals surface area contributed by atoms with E-state index in [1.807, 2.05) is 86.6 Å². The molecule has 45 heavy (non-hydrogen) atoms. The smallest absolute Gasteiger partial charge is 0.158 e. The van der Waals surface area contributed by atoms with Crippen molar-refractivity contribution in [3.8, 4) is 39.9 Å². The first-order chi connectivity index (χ1) is 21.5. The third kappa shape index (κ3) is 6.08. The van der Waals surface area contributed by atoms with Crippen LogP contribution in [-0.2, 0) is 21.1 Å². The molecule has 0 amide bonds. The number of hydrogen-bond donors (Lipinski definition) is 1. The molecule has 0 saturated carbocycles. The molecule has 7 nitrogen and oxygen atoms in total. The molecule has 0 fully saturated rings. The van der Waals surface area contributed by atoms with E-state index in [9.17, 15) is 5.11 Å². The van der Waals surface area contributed by atoms with Gasteiger partial charge in [0.15, 0.2) is 11.6 Å². The first-order valence-electron chi connectivity index (χ1n) is 14.3. The number of anilines is 3. The normalized spacial score (nSPS) is 10.8. The number of aryl methyl sites for hydroxylation is 2. The van der Waals surface area contributed by atoms with Crippen molar-refractivity contribution >= 4 is 28.0 Å². The Labute approximate surface area is 275 Å². The second kappa shape index (κ2) is 12.8. The fourth-order valence-electron chi connectivity index (χ4n) is 5.36. The second-order valence-corrected chi connectivity index (χ2v) is 10.4. The summed E-state index contributed by atoms with van der Waals surface area (Å²) in [5.74, 6) is 2.13. The summed E-state index contributed by atoms with van der Waals surface area (Å²) in [6.07, 6.45) is 1.78. The van der Waals surface area contributed by atoms with Gasteiger partial charge < -0.3 is 10.0 Å². The molecule has 3 heterocycles. The van der Waals surface area contributed by atoms with Crippen LogP contribution >= 0.6 is 0 Å². The Hall–Kier alpha value is -5.26. The summed E-state index contributed by atoms with van der Waals surface area (Å²) in [5, 5.41) is 12.9. The zero-order chi connectivity index (χ0) is 30.0. The Bertz CT molecular complexity index is 2110. The summed E-state index contributed by atoms with van der Waals surface area (Å²) in [7, 11) is 0. The second-order valence-electron chi connectivity index (χ2n) is 10.4. The van der Waals surface area contributed by atoms with Crippen LogP contribution in [0.2, 0.25) is 0 Å². The minimum Gasteiger partial charge on any atom is -0.507 e. The number of hydrogen-bond acceptors (Lipinski definition) is 7. The molecule has 0 spiro atoms. The van der Waals surface area contributed by atoms with Crippen LogP contribution in [0.5, 0.6) is 5.75 Å². The summed E-state index contributed by atoms with van der Waals surface area (Å²) in [4.78, 5) is 25.8. The zero-order valence-electron chi connectivity index (χ0n) is 24.5. The topological polar surface area (TPSA) is 87.9 Å². The number of nitrogens with zero attached hydrogens (tertiary/aromatic N) is 6. The van der Waals surface area contributed by atoms with Crippen molar-refractivity contribution < 1.29 is 26.2 Å². The fraction of sp³-hybridized carbons (Fsp3) is 0.0541. The van der Waals surface area contributed by atoms with Crippen molar-refractivity contribution in [3.05, 3.63) is 139 Å². The fourth-order valence-corrected chi connectivity index (χ4v) is 5.36. The summed E-state index contributed by atoms with van der Waals surface area (Å²) in [6, 6.07) is 40.8. The maximum absolute atomic E-state index is 10.7. The minimum absolute atomic E-state index is 0. The van der Waals surface area contributed by atoms with Crippen LogP contribution in [0.3, 0.4) is 0 Å². The van der Waals surface area contributed by atoms with Gasteiger partial charge in [-0.25, -0.2) is 9.97 Å². The Morgan fingerprint density at radius 3 is 2.13 bits per heavy atom. The van der Waals surface area contributed by atoms with Crippen LogP contribution < -0.4 is 4.90 Å². The Kier molecular flexibility index (Phi) is 8.45. The average Bonchev–Trinajstić information content (AvgIpc) is 3.05. The number of para-hydroxylation sites is 1. The van der Waals surface area contributed by atoms with E-state index < -0.39 is 0 Å². The molecule has 0 bridgehead atoms. The molecule has 222 valence electrons. The molecule has 1 N–H and O–H groups in total. The molecule has 0 aliphatic rings. The van der Waals surface area contributed by atoms with Gasteiger partial charge in [-0.3, -0.25) is 15.0 Å². The van der Waals surface area contributed by atoms with Gasteiger partial charge in [0.1, 0.15) is 11.6 Å². The molecule has 0 unspecified atom stereocenters. The van der Waals surface area contributed by atoms with Gasteiger partial charge in [-0.2, -0.15) is 0 Å². The monoisotopic (exact) mass is 766 g/mol. The number of fused-ring (bicyclic) bond motifs is 1. The van der Waals surface area contributed by atoms with E-state index in [1.165, 1.54) is 0 Å². The predicted octanol–water partition coefficient (Wildman–Crippen LogP) is 8.41. The summed E-state index contributed by atoms with van der Waals surface area (Å²) in [5.41, 5.74) is 5.48. The molecule has 0 saturated heterocycles. The first-order valence-corrected chi connectivity index (χ1v) is 14.3. The summed E-state index contributed by atoms with van der Waals surface area (Å²) in [6.45, 7) is 3.89. The number of rotatable bonds is 6. The van der Waals surface area contributed by atoms with E-state index in [2.05, 4.69) is 40.2 Å². The van der Waals surface area contributed by atoms with Crippen LogP contribution in [0.1, 0.15) is 11.4 Å². The van der Waals surface area contributed by atoms with Gasteiger partial charge in [-0.1, -0.05) is 54.6 Å². The maximum atomic E-state index is 10.7. The number of phenols is 1. The average molecular weight is 767 g/mol. The molecule has 3 aromatic heterocycles. The zero-order valence-corrected chi connectivity index (χ0v) is 26.8. The Morgan fingerprint density at radius 2 is 1.33 bits per heavy atom. The Balaban J connectivity index is 0.00000357. The van der Waals surface area contributed by atoms with Gasteiger partial charge in [0.25, 0.3) is 0 Å². The predicted molar refractivity (Wildman–Crippen MR) is 174 cm³/mol. The van der Waals surface area contributed by atoms with E-state index in [0.29, 0.717) is 28.6 Å². The van der Waals surface area contributed by atoms with Gasteiger partial charge >= 0.3 is 0 Å². The number of aromatic nitrogens is 5. The number of phenolic OH excluding ortho intramolecular Hbond substituents is 1. The van der Waals surface area contributed by atoms with Crippen molar-refractivity contribution in [2.24, 2.45) is 0 Å². The van der Waals surface area contributed by atoms with Crippen LogP contribution in [-0.4, -0.2) is 30.0 Å². The van der Waals surface area contributed by atoms with Crippen molar-refractivity contribution in [2.75, 3.05) is 4.90 Å². The molecule has 7 rings (SSSR count). The van der Waals surface area contributed by atoms with Gasteiger partial charge in [0, 0.05) is 49.6 Å². The number of benzene rings is 4. The molecule has 0 aliphatic heterocycles. The van der Waals surface area contributed by atoms with Gasteiger partial charge in [-0.15, -0.1) is 29.8 Å². The standard InChI is InChI=1S/C37H27N6O.Pt/c1-24-21-28(22-25(2)39-24)36-40-35(41-37(42-36)31-16-5-6-18-33(31)44)27-13-9-14-29(23-27)43(34-19-7-8-20-38-34)32-17-10-12-26-11-3-4-15-30(26)32;/h3-22,44H,1-2H3;/q-1;. The Morgan fingerprint density at radius 1 is 0.644 bits per heavy atom. The van der Waals surface area contributed by atoms with Crippen LogP contribution in [0.15, 0.2) is 121 Å². The van der Waals surface area contributed by atoms with Crippen LogP contribution in [0.4, 0.5) is 17.2 Å². The van der Waals surface area contributed by atoms with E-state index >= 15 is 0 Å². The van der Waals surface area contributed by atoms with Crippen molar-refractivity contribution in [1.82, 2.24) is 24.9 Å². The molecule has 0 aliphatic carbocycles. The van der Waals surface area contributed by atoms with E-state index in [4.69, 9.17) is 19.9 Å². The molecular weight excluding hydrogens is 740 g/mol. The van der Waals surface area contributed by atoms with Crippen molar-refractivity contribution in [2.45, 2.75) is 13.8 Å². The quantitative estimate of drug-likeness (QED) is 0.170. The molecule has 0 radical (unpaired) electrons. The van der Waals surface area contributed by atoms with Gasteiger partial charge in [0.05, 0.1) is 17.1 Å². The van der Waals surface area contributed by atoms with E-state index in [-0.39, 0.29) is 26.8 Å². The van der Waals surface area contributed by atoms with Crippen molar-refractivity contribution in [1.29, 1.82) is 0 Å². The molecule has 4 aromatic carbocycles. The summed E-state index contributed by atoms with van der Waals surface area (Å²) >= 11 is 0. The van der Waals surface area contributed by atoms with Crippen LogP contribution in [0, 0.1) is 19.9 Å². The third-order valence-electron chi connectivity index (χ3n) is 7.27. The third-order valence-corrected chi connectivity index (χ3v) is 7.27. The maximum Gasteiger partial charge on any atom is 0.158 e. The largest absolute Gasteiger partial charge is 0.507 e.